The number of amidine groups is 1. The van der Waals surface area contributed by atoms with Crippen molar-refractivity contribution in [3.8, 4) is 0 Å². The average Bonchev–Trinajstić information content (AvgIpc) is 2.52. The highest BCUT2D eigenvalue weighted by Gasteiger charge is 2.05. The van der Waals surface area contributed by atoms with Crippen LogP contribution in [0.15, 0.2) is 53.7 Å². The quantitative estimate of drug-likeness (QED) is 0.343. The Kier molecular flexibility index (Phi) is 5.20. The predicted molar refractivity (Wildman–Crippen MR) is 85.7 cm³/mol. The molecule has 1 atom stereocenters. The van der Waals surface area contributed by atoms with E-state index in [9.17, 15) is 0 Å². The molecule has 2 aromatic carbocycles. The molecule has 110 valence electrons. The van der Waals surface area contributed by atoms with E-state index in [0.29, 0.717) is 5.56 Å². The van der Waals surface area contributed by atoms with Gasteiger partial charge in [-0.25, -0.2) is 0 Å². The molecule has 0 aliphatic heterocycles. The Labute approximate surface area is 129 Å². The molecule has 4 nitrogen and oxygen atoms in total. The van der Waals surface area contributed by atoms with Crippen molar-refractivity contribution in [2.45, 2.75) is 19.5 Å². The zero-order valence-electron chi connectivity index (χ0n) is 11.8. The van der Waals surface area contributed by atoms with E-state index in [0.717, 1.165) is 22.7 Å². The van der Waals surface area contributed by atoms with E-state index in [2.05, 4.69) is 17.4 Å². The van der Waals surface area contributed by atoms with Gasteiger partial charge < -0.3 is 16.3 Å². The molecular weight excluding hydrogens is 286 g/mol. The van der Waals surface area contributed by atoms with Crippen molar-refractivity contribution in [2.75, 3.05) is 0 Å². The van der Waals surface area contributed by atoms with Gasteiger partial charge in [-0.05, 0) is 30.2 Å². The van der Waals surface area contributed by atoms with Crippen LogP contribution in [-0.4, -0.2) is 11.0 Å². The van der Waals surface area contributed by atoms with Gasteiger partial charge in [-0.15, -0.1) is 0 Å². The molecule has 0 spiro atoms. The Hall–Kier alpha value is -2.04. The first kappa shape index (κ1) is 15.4. The van der Waals surface area contributed by atoms with Crippen LogP contribution >= 0.6 is 11.6 Å². The summed E-state index contributed by atoms with van der Waals surface area (Å²) in [6, 6.07) is 15.6. The Morgan fingerprint density at radius 2 is 2.00 bits per heavy atom. The Balaban J connectivity index is 1.96. The summed E-state index contributed by atoms with van der Waals surface area (Å²) in [4.78, 5) is 0. The molecule has 0 heterocycles. The predicted octanol–water partition coefficient (Wildman–Crippen LogP) is 3.29. The van der Waals surface area contributed by atoms with Crippen LogP contribution in [0, 0.1) is 0 Å². The molecule has 5 heteroatoms. The van der Waals surface area contributed by atoms with Gasteiger partial charge in [-0.3, -0.25) is 0 Å². The molecule has 21 heavy (non-hydrogen) atoms. The van der Waals surface area contributed by atoms with Crippen molar-refractivity contribution in [1.29, 1.82) is 0 Å². The minimum absolute atomic E-state index is 0.113. The van der Waals surface area contributed by atoms with E-state index in [-0.39, 0.29) is 11.9 Å². The van der Waals surface area contributed by atoms with Crippen molar-refractivity contribution in [3.63, 3.8) is 0 Å². The van der Waals surface area contributed by atoms with E-state index >= 15 is 0 Å². The zero-order chi connectivity index (χ0) is 15.2. The highest BCUT2D eigenvalue weighted by molar-refractivity contribution is 6.30. The standard InChI is InChI=1S/C16H18ClN3O/c1-11(14-3-2-4-15(17)9-14)19-10-12-5-7-13(8-6-12)16(18)20-21/h2-9,11,19,21H,10H2,1H3,(H2,18,20)/t11-/m0/s1. The topological polar surface area (TPSA) is 70.6 Å². The van der Waals surface area contributed by atoms with Crippen LogP contribution in [0.4, 0.5) is 0 Å². The first-order valence-electron chi connectivity index (χ1n) is 6.66. The summed E-state index contributed by atoms with van der Waals surface area (Å²) in [5, 5.41) is 15.8. The normalized spacial score (nSPS) is 13.1. The maximum atomic E-state index is 8.62. The number of rotatable bonds is 5. The van der Waals surface area contributed by atoms with Crippen molar-refractivity contribution >= 4 is 17.4 Å². The number of oxime groups is 1. The molecular formula is C16H18ClN3O. The van der Waals surface area contributed by atoms with Gasteiger partial charge in [0.15, 0.2) is 5.84 Å². The van der Waals surface area contributed by atoms with Crippen LogP contribution in [0.3, 0.4) is 0 Å². The smallest absolute Gasteiger partial charge is 0.170 e. The van der Waals surface area contributed by atoms with Crippen molar-refractivity contribution < 1.29 is 5.21 Å². The third-order valence-electron chi connectivity index (χ3n) is 3.32. The molecule has 2 aromatic rings. The Morgan fingerprint density at radius 1 is 1.29 bits per heavy atom. The molecule has 0 amide bonds. The highest BCUT2D eigenvalue weighted by Crippen LogP contribution is 2.17. The maximum Gasteiger partial charge on any atom is 0.170 e. The molecule has 0 radical (unpaired) electrons. The molecule has 0 unspecified atom stereocenters. The van der Waals surface area contributed by atoms with Gasteiger partial charge in [0, 0.05) is 23.2 Å². The number of hydrogen-bond acceptors (Lipinski definition) is 3. The second-order valence-corrected chi connectivity index (χ2v) is 5.28. The molecule has 0 aromatic heterocycles. The molecule has 0 saturated carbocycles. The van der Waals surface area contributed by atoms with Crippen LogP contribution < -0.4 is 11.1 Å². The number of benzene rings is 2. The number of hydrogen-bond donors (Lipinski definition) is 3. The summed E-state index contributed by atoms with van der Waals surface area (Å²) >= 11 is 6.00. The third-order valence-corrected chi connectivity index (χ3v) is 3.55. The number of nitrogens with zero attached hydrogens (tertiary/aromatic N) is 1. The van der Waals surface area contributed by atoms with Crippen LogP contribution in [0.25, 0.3) is 0 Å². The second kappa shape index (κ2) is 7.11. The van der Waals surface area contributed by atoms with Gasteiger partial charge in [0.1, 0.15) is 0 Å². The van der Waals surface area contributed by atoms with Gasteiger partial charge in [0.25, 0.3) is 0 Å². The van der Waals surface area contributed by atoms with Crippen LogP contribution in [-0.2, 0) is 6.54 Å². The Bertz CT molecular complexity index is 626. The summed E-state index contributed by atoms with van der Waals surface area (Å²) in [7, 11) is 0. The fraction of sp³-hybridized carbons (Fsp3) is 0.188. The van der Waals surface area contributed by atoms with Crippen LogP contribution in [0.1, 0.15) is 29.7 Å². The average molecular weight is 304 g/mol. The summed E-state index contributed by atoms with van der Waals surface area (Å²) in [6.45, 7) is 2.82. The third kappa shape index (κ3) is 4.21. The molecule has 0 saturated heterocycles. The summed E-state index contributed by atoms with van der Waals surface area (Å²) in [5.74, 6) is 0.113. The van der Waals surface area contributed by atoms with Gasteiger partial charge in [0.2, 0.25) is 0 Å². The molecule has 2 rings (SSSR count). The lowest BCUT2D eigenvalue weighted by Gasteiger charge is -2.14. The Morgan fingerprint density at radius 3 is 2.62 bits per heavy atom. The molecule has 0 aliphatic carbocycles. The number of nitrogens with two attached hydrogens (primary N) is 1. The minimum Gasteiger partial charge on any atom is -0.409 e. The number of nitrogens with one attached hydrogen (secondary N) is 1. The van der Waals surface area contributed by atoms with Crippen LogP contribution in [0.2, 0.25) is 5.02 Å². The van der Waals surface area contributed by atoms with Gasteiger partial charge in [0.05, 0.1) is 0 Å². The first-order chi connectivity index (χ1) is 10.1. The van der Waals surface area contributed by atoms with Crippen molar-refractivity contribution in [1.82, 2.24) is 5.32 Å². The van der Waals surface area contributed by atoms with Gasteiger partial charge >= 0.3 is 0 Å². The monoisotopic (exact) mass is 303 g/mol. The van der Waals surface area contributed by atoms with E-state index in [1.54, 1.807) is 0 Å². The fourth-order valence-corrected chi connectivity index (χ4v) is 2.21. The highest BCUT2D eigenvalue weighted by atomic mass is 35.5. The van der Waals surface area contributed by atoms with E-state index in [1.165, 1.54) is 0 Å². The first-order valence-corrected chi connectivity index (χ1v) is 7.03. The lowest BCUT2D eigenvalue weighted by Crippen LogP contribution is -2.18. The van der Waals surface area contributed by atoms with Crippen molar-refractivity contribution in [2.24, 2.45) is 10.9 Å². The van der Waals surface area contributed by atoms with E-state index in [1.807, 2.05) is 48.5 Å². The zero-order valence-corrected chi connectivity index (χ0v) is 12.5. The van der Waals surface area contributed by atoms with E-state index in [4.69, 9.17) is 22.5 Å². The molecule has 0 fully saturated rings. The van der Waals surface area contributed by atoms with Crippen molar-refractivity contribution in [3.05, 3.63) is 70.2 Å². The molecule has 0 bridgehead atoms. The molecule has 4 N–H and O–H groups in total. The summed E-state index contributed by atoms with van der Waals surface area (Å²) in [6.07, 6.45) is 0. The summed E-state index contributed by atoms with van der Waals surface area (Å²) in [5.41, 5.74) is 8.50. The van der Waals surface area contributed by atoms with Crippen LogP contribution in [0.5, 0.6) is 0 Å². The number of halogens is 1. The van der Waals surface area contributed by atoms with Gasteiger partial charge in [-0.2, -0.15) is 0 Å². The van der Waals surface area contributed by atoms with Gasteiger partial charge in [-0.1, -0.05) is 53.2 Å². The largest absolute Gasteiger partial charge is 0.409 e. The lowest BCUT2D eigenvalue weighted by atomic mass is 10.1. The SMILES string of the molecule is C[C@H](NCc1ccc(/C(N)=N/O)cc1)c1cccc(Cl)c1. The van der Waals surface area contributed by atoms with E-state index < -0.39 is 0 Å². The fourth-order valence-electron chi connectivity index (χ4n) is 2.02. The summed E-state index contributed by atoms with van der Waals surface area (Å²) < 4.78 is 0. The minimum atomic E-state index is 0.113. The maximum absolute atomic E-state index is 8.62. The molecule has 0 aliphatic rings. The lowest BCUT2D eigenvalue weighted by molar-refractivity contribution is 0.318. The second-order valence-electron chi connectivity index (χ2n) is 4.84.